The van der Waals surface area contributed by atoms with E-state index in [9.17, 15) is 8.42 Å². The van der Waals surface area contributed by atoms with Crippen LogP contribution in [0.25, 0.3) is 0 Å². The van der Waals surface area contributed by atoms with E-state index < -0.39 is 10.0 Å². The molecule has 0 atom stereocenters. The number of aromatic nitrogens is 3. The zero-order valence-corrected chi connectivity index (χ0v) is 16.7. The smallest absolute Gasteiger partial charge is 0.263 e. The van der Waals surface area contributed by atoms with Crippen molar-refractivity contribution in [1.29, 1.82) is 5.41 Å². The predicted octanol–water partition coefficient (Wildman–Crippen LogP) is 4.07. The van der Waals surface area contributed by atoms with Gasteiger partial charge in [-0.15, -0.1) is 0 Å². The molecular formula is C21H23N5O2S. The number of sulfonamides is 1. The van der Waals surface area contributed by atoms with E-state index in [4.69, 9.17) is 5.41 Å². The van der Waals surface area contributed by atoms with Crippen LogP contribution in [-0.2, 0) is 10.0 Å². The first-order chi connectivity index (χ1) is 14.0. The third-order valence-corrected chi connectivity index (χ3v) is 6.68. The summed E-state index contributed by atoms with van der Waals surface area (Å²) in [6.07, 6.45) is 10.7. The standard InChI is InChI=1S/C21H23N5O2S/c22-20(17-13-24-25-14-17)19-11-16(15-7-3-1-4-8-15)12-23-21(19)26-29(27,28)18-9-5-2-6-10-18/h2,5-6,9-15,22H,1,3-4,7-8H2,(H,23,26)(H,24,25). The van der Waals surface area contributed by atoms with Gasteiger partial charge in [0.2, 0.25) is 0 Å². The van der Waals surface area contributed by atoms with Crippen molar-refractivity contribution in [2.45, 2.75) is 42.9 Å². The quantitative estimate of drug-likeness (QED) is 0.533. The van der Waals surface area contributed by atoms with E-state index >= 15 is 0 Å². The molecule has 0 amide bonds. The van der Waals surface area contributed by atoms with Crippen LogP contribution >= 0.6 is 0 Å². The highest BCUT2D eigenvalue weighted by Gasteiger charge is 2.22. The molecule has 0 aliphatic heterocycles. The number of aromatic amines is 1. The number of nitrogens with one attached hydrogen (secondary N) is 3. The number of hydrogen-bond donors (Lipinski definition) is 3. The average molecular weight is 410 g/mol. The lowest BCUT2D eigenvalue weighted by atomic mass is 9.84. The maximum absolute atomic E-state index is 12.8. The third-order valence-electron chi connectivity index (χ3n) is 5.33. The van der Waals surface area contributed by atoms with Gasteiger partial charge in [-0.25, -0.2) is 13.4 Å². The number of benzene rings is 1. The molecule has 0 spiro atoms. The Bertz CT molecular complexity index is 1090. The van der Waals surface area contributed by atoms with Crippen LogP contribution in [0.2, 0.25) is 0 Å². The number of pyridine rings is 1. The minimum atomic E-state index is -3.81. The lowest BCUT2D eigenvalue weighted by Crippen LogP contribution is -2.18. The summed E-state index contributed by atoms with van der Waals surface area (Å²) in [4.78, 5) is 4.59. The van der Waals surface area contributed by atoms with Crippen LogP contribution < -0.4 is 4.72 Å². The van der Waals surface area contributed by atoms with Crippen molar-refractivity contribution in [2.24, 2.45) is 0 Å². The second-order valence-corrected chi connectivity index (χ2v) is 8.96. The van der Waals surface area contributed by atoms with Crippen LogP contribution in [0.4, 0.5) is 5.82 Å². The van der Waals surface area contributed by atoms with Crippen LogP contribution in [0.5, 0.6) is 0 Å². The summed E-state index contributed by atoms with van der Waals surface area (Å²) in [5.41, 5.74) is 2.26. The number of H-pyrrole nitrogens is 1. The topological polar surface area (TPSA) is 112 Å². The summed E-state index contributed by atoms with van der Waals surface area (Å²) in [6, 6.07) is 10.1. The Morgan fingerprint density at radius 3 is 2.55 bits per heavy atom. The molecule has 0 saturated heterocycles. The van der Waals surface area contributed by atoms with Crippen LogP contribution in [-0.4, -0.2) is 29.3 Å². The molecule has 7 nitrogen and oxygen atoms in total. The maximum Gasteiger partial charge on any atom is 0.263 e. The lowest BCUT2D eigenvalue weighted by Gasteiger charge is -2.23. The molecule has 8 heteroatoms. The molecule has 1 aromatic carbocycles. The van der Waals surface area contributed by atoms with Crippen LogP contribution in [0.15, 0.2) is 59.9 Å². The first-order valence-electron chi connectivity index (χ1n) is 9.70. The fourth-order valence-electron chi connectivity index (χ4n) is 3.74. The lowest BCUT2D eigenvalue weighted by molar-refractivity contribution is 0.443. The molecule has 2 aromatic heterocycles. The number of nitrogens with zero attached hydrogens (tertiary/aromatic N) is 2. The van der Waals surface area contributed by atoms with Gasteiger partial charge < -0.3 is 0 Å². The Hall–Kier alpha value is -3.00. The molecule has 4 rings (SSSR count). The summed E-state index contributed by atoms with van der Waals surface area (Å²) < 4.78 is 28.2. The number of anilines is 1. The van der Waals surface area contributed by atoms with Crippen molar-refractivity contribution in [1.82, 2.24) is 15.2 Å². The van der Waals surface area contributed by atoms with Gasteiger partial charge in [-0.2, -0.15) is 5.10 Å². The summed E-state index contributed by atoms with van der Waals surface area (Å²) in [6.45, 7) is 0. The first-order valence-corrected chi connectivity index (χ1v) is 11.2. The van der Waals surface area contributed by atoms with E-state index in [2.05, 4.69) is 19.9 Å². The number of rotatable bonds is 6. The minimum Gasteiger partial charge on any atom is -0.299 e. The second kappa shape index (κ2) is 8.16. The molecule has 0 radical (unpaired) electrons. The molecule has 0 bridgehead atoms. The van der Waals surface area contributed by atoms with Gasteiger partial charge in [0.05, 0.1) is 16.8 Å². The van der Waals surface area contributed by atoms with Crippen molar-refractivity contribution >= 4 is 21.6 Å². The molecule has 1 saturated carbocycles. The van der Waals surface area contributed by atoms with E-state index in [-0.39, 0.29) is 16.4 Å². The Morgan fingerprint density at radius 2 is 1.86 bits per heavy atom. The Balaban J connectivity index is 1.73. The summed E-state index contributed by atoms with van der Waals surface area (Å²) in [5, 5.41) is 15.2. The van der Waals surface area contributed by atoms with Crippen LogP contribution in [0.1, 0.15) is 54.7 Å². The largest absolute Gasteiger partial charge is 0.299 e. The fraction of sp³-hybridized carbons (Fsp3) is 0.286. The Morgan fingerprint density at radius 1 is 1.10 bits per heavy atom. The zero-order valence-electron chi connectivity index (χ0n) is 15.9. The van der Waals surface area contributed by atoms with E-state index in [0.717, 1.165) is 18.4 Å². The molecule has 1 aliphatic carbocycles. The van der Waals surface area contributed by atoms with Gasteiger partial charge in [-0.3, -0.25) is 15.2 Å². The van der Waals surface area contributed by atoms with E-state index in [0.29, 0.717) is 17.0 Å². The normalized spacial score (nSPS) is 15.2. The Labute approximate surface area is 170 Å². The number of hydrogen-bond acceptors (Lipinski definition) is 5. The van der Waals surface area contributed by atoms with E-state index in [1.54, 1.807) is 36.8 Å². The fourth-order valence-corrected chi connectivity index (χ4v) is 4.79. The van der Waals surface area contributed by atoms with Crippen molar-refractivity contribution < 1.29 is 8.42 Å². The molecule has 1 fully saturated rings. The minimum absolute atomic E-state index is 0.152. The summed E-state index contributed by atoms with van der Waals surface area (Å²) in [7, 11) is -3.81. The highest BCUT2D eigenvalue weighted by atomic mass is 32.2. The SMILES string of the molecule is N=C(c1cn[nH]c1)c1cc(C2CCCCC2)cnc1NS(=O)(=O)c1ccccc1. The Kier molecular flexibility index (Phi) is 5.44. The molecule has 29 heavy (non-hydrogen) atoms. The predicted molar refractivity (Wildman–Crippen MR) is 112 cm³/mol. The molecule has 150 valence electrons. The van der Waals surface area contributed by atoms with Crippen molar-refractivity contribution in [3.63, 3.8) is 0 Å². The van der Waals surface area contributed by atoms with Gasteiger partial charge in [-0.05, 0) is 42.5 Å². The highest BCUT2D eigenvalue weighted by molar-refractivity contribution is 7.92. The van der Waals surface area contributed by atoms with Crippen LogP contribution in [0.3, 0.4) is 0 Å². The summed E-state index contributed by atoms with van der Waals surface area (Å²) in [5.74, 6) is 0.548. The van der Waals surface area contributed by atoms with Gasteiger partial charge in [0.15, 0.2) is 0 Å². The van der Waals surface area contributed by atoms with E-state index in [1.165, 1.54) is 31.4 Å². The van der Waals surface area contributed by atoms with Gasteiger partial charge in [0, 0.05) is 23.5 Å². The molecule has 0 unspecified atom stereocenters. The molecule has 3 aromatic rings. The van der Waals surface area contributed by atoms with Gasteiger partial charge in [-0.1, -0.05) is 37.5 Å². The second-order valence-electron chi connectivity index (χ2n) is 7.28. The van der Waals surface area contributed by atoms with Crippen molar-refractivity contribution in [3.8, 4) is 0 Å². The third kappa shape index (κ3) is 4.22. The highest BCUT2D eigenvalue weighted by Crippen LogP contribution is 2.34. The monoisotopic (exact) mass is 409 g/mol. The molecular weight excluding hydrogens is 386 g/mol. The molecule has 3 N–H and O–H groups in total. The van der Waals surface area contributed by atoms with Crippen molar-refractivity contribution in [3.05, 3.63) is 71.7 Å². The van der Waals surface area contributed by atoms with Gasteiger partial charge in [0.25, 0.3) is 10.0 Å². The van der Waals surface area contributed by atoms with Crippen molar-refractivity contribution in [2.75, 3.05) is 4.72 Å². The van der Waals surface area contributed by atoms with E-state index in [1.807, 2.05) is 6.07 Å². The van der Waals surface area contributed by atoms with Crippen LogP contribution in [0, 0.1) is 5.41 Å². The van der Waals surface area contributed by atoms with Gasteiger partial charge >= 0.3 is 0 Å². The maximum atomic E-state index is 12.8. The van der Waals surface area contributed by atoms with Gasteiger partial charge in [0.1, 0.15) is 5.82 Å². The molecule has 1 aliphatic rings. The summed E-state index contributed by atoms with van der Waals surface area (Å²) >= 11 is 0. The zero-order chi connectivity index (χ0) is 20.3. The molecule has 2 heterocycles. The average Bonchev–Trinajstić information content (AvgIpc) is 3.29. The first kappa shape index (κ1) is 19.3.